The molecule has 3 aromatic rings. The van der Waals surface area contributed by atoms with Gasteiger partial charge in [-0.3, -0.25) is 4.79 Å². The van der Waals surface area contributed by atoms with Crippen LogP contribution in [0.1, 0.15) is 9.67 Å². The first kappa shape index (κ1) is 13.9. The van der Waals surface area contributed by atoms with E-state index >= 15 is 0 Å². The molecule has 0 spiro atoms. The molecule has 0 fully saturated rings. The topological polar surface area (TPSA) is 49.3 Å². The Kier molecular flexibility index (Phi) is 3.53. The zero-order valence-corrected chi connectivity index (χ0v) is 12.1. The van der Waals surface area contributed by atoms with Crippen LogP contribution in [0.3, 0.4) is 0 Å². The highest BCUT2D eigenvalue weighted by molar-refractivity contribution is 7.20. The highest BCUT2D eigenvalue weighted by Crippen LogP contribution is 2.30. The highest BCUT2D eigenvalue weighted by atomic mass is 35.5. The van der Waals surface area contributed by atoms with Crippen molar-refractivity contribution in [1.29, 1.82) is 0 Å². The molecule has 1 aromatic heterocycles. The minimum Gasteiger partial charge on any atom is -0.506 e. The summed E-state index contributed by atoms with van der Waals surface area (Å²) in [5.74, 6) is -0.797. The number of aromatic hydroxyl groups is 1. The summed E-state index contributed by atoms with van der Waals surface area (Å²) in [5, 5.41) is 13.3. The molecule has 0 aliphatic heterocycles. The number of hydrogen-bond donors (Lipinski definition) is 2. The van der Waals surface area contributed by atoms with Gasteiger partial charge in [0.25, 0.3) is 5.91 Å². The molecule has 0 atom stereocenters. The van der Waals surface area contributed by atoms with Crippen LogP contribution in [0.5, 0.6) is 5.75 Å². The fraction of sp³-hybridized carbons (Fsp3) is 0. The van der Waals surface area contributed by atoms with Gasteiger partial charge in [0.1, 0.15) is 11.6 Å². The van der Waals surface area contributed by atoms with E-state index in [1.807, 2.05) is 0 Å². The third-order valence-corrected chi connectivity index (χ3v) is 4.26. The summed E-state index contributed by atoms with van der Waals surface area (Å²) in [7, 11) is 0. The molecule has 0 bridgehead atoms. The van der Waals surface area contributed by atoms with E-state index in [9.17, 15) is 14.3 Å². The maximum absolute atomic E-state index is 13.1. The number of anilines is 1. The van der Waals surface area contributed by atoms with E-state index in [2.05, 4.69) is 5.32 Å². The van der Waals surface area contributed by atoms with Crippen LogP contribution in [0.4, 0.5) is 10.1 Å². The van der Waals surface area contributed by atoms with Crippen LogP contribution >= 0.6 is 22.9 Å². The van der Waals surface area contributed by atoms with Gasteiger partial charge >= 0.3 is 0 Å². The number of rotatable bonds is 2. The SMILES string of the molecule is O=C(Nc1cc(Cl)ccc1O)c1cc2cc(F)ccc2s1. The number of halogens is 2. The fourth-order valence-electron chi connectivity index (χ4n) is 1.92. The molecular formula is C15H9ClFNO2S. The van der Waals surface area contributed by atoms with Crippen molar-refractivity contribution in [2.24, 2.45) is 0 Å². The van der Waals surface area contributed by atoms with E-state index in [-0.39, 0.29) is 23.2 Å². The lowest BCUT2D eigenvalue weighted by molar-refractivity contribution is 0.103. The standard InChI is InChI=1S/C15H9ClFNO2S/c16-9-1-3-12(19)11(7-9)18-15(20)14-6-8-5-10(17)2-4-13(8)21-14/h1-7,19H,(H,18,20). The summed E-state index contributed by atoms with van der Waals surface area (Å²) in [6.07, 6.45) is 0. The molecule has 0 radical (unpaired) electrons. The van der Waals surface area contributed by atoms with Gasteiger partial charge in [-0.15, -0.1) is 11.3 Å². The number of benzene rings is 2. The summed E-state index contributed by atoms with van der Waals surface area (Å²) in [5.41, 5.74) is 0.233. The van der Waals surface area contributed by atoms with Gasteiger partial charge in [-0.2, -0.15) is 0 Å². The first-order chi connectivity index (χ1) is 10.0. The van der Waals surface area contributed by atoms with E-state index < -0.39 is 0 Å². The Morgan fingerprint density at radius 1 is 1.19 bits per heavy atom. The molecule has 0 saturated heterocycles. The van der Waals surface area contributed by atoms with Crippen LogP contribution in [-0.4, -0.2) is 11.0 Å². The minimum absolute atomic E-state index is 0.0695. The second-order valence-electron chi connectivity index (χ2n) is 4.41. The Labute approximate surface area is 128 Å². The van der Waals surface area contributed by atoms with Crippen molar-refractivity contribution in [2.45, 2.75) is 0 Å². The predicted molar refractivity (Wildman–Crippen MR) is 82.9 cm³/mol. The van der Waals surface area contributed by atoms with Gasteiger partial charge in [0.05, 0.1) is 10.6 Å². The van der Waals surface area contributed by atoms with Gasteiger partial charge in [-0.1, -0.05) is 11.6 Å². The molecule has 0 aliphatic rings. The van der Waals surface area contributed by atoms with Gasteiger partial charge in [0.15, 0.2) is 0 Å². The average Bonchev–Trinajstić information content (AvgIpc) is 2.86. The number of amides is 1. The maximum Gasteiger partial charge on any atom is 0.265 e. The van der Waals surface area contributed by atoms with Gasteiger partial charge in [-0.05, 0) is 47.9 Å². The lowest BCUT2D eigenvalue weighted by Crippen LogP contribution is -2.10. The van der Waals surface area contributed by atoms with Gasteiger partial charge in [0, 0.05) is 9.72 Å². The third kappa shape index (κ3) is 2.84. The first-order valence-electron chi connectivity index (χ1n) is 6.02. The molecule has 0 saturated carbocycles. The smallest absolute Gasteiger partial charge is 0.265 e. The van der Waals surface area contributed by atoms with E-state index in [4.69, 9.17) is 11.6 Å². The molecule has 1 amide bonds. The Morgan fingerprint density at radius 2 is 2.00 bits per heavy atom. The molecule has 6 heteroatoms. The number of fused-ring (bicyclic) bond motifs is 1. The van der Waals surface area contributed by atoms with Gasteiger partial charge in [0.2, 0.25) is 0 Å². The third-order valence-electron chi connectivity index (χ3n) is 2.91. The number of nitrogens with one attached hydrogen (secondary N) is 1. The number of phenolic OH excluding ortho intramolecular Hbond substituents is 1. The molecule has 2 N–H and O–H groups in total. The molecule has 3 nitrogen and oxygen atoms in total. The van der Waals surface area contributed by atoms with Crippen LogP contribution in [0.15, 0.2) is 42.5 Å². The van der Waals surface area contributed by atoms with E-state index in [0.717, 1.165) is 4.70 Å². The zero-order chi connectivity index (χ0) is 15.0. The van der Waals surface area contributed by atoms with Gasteiger partial charge in [-0.25, -0.2) is 4.39 Å². The Hall–Kier alpha value is -2.11. The van der Waals surface area contributed by atoms with E-state index in [0.29, 0.717) is 15.3 Å². The summed E-state index contributed by atoms with van der Waals surface area (Å²) in [6, 6.07) is 10.3. The summed E-state index contributed by atoms with van der Waals surface area (Å²) >= 11 is 7.08. The second kappa shape index (κ2) is 5.35. The summed E-state index contributed by atoms with van der Waals surface area (Å²) in [6.45, 7) is 0. The minimum atomic E-state index is -0.380. The van der Waals surface area contributed by atoms with Crippen molar-refractivity contribution >= 4 is 44.6 Å². The molecule has 2 aromatic carbocycles. The number of carbonyl (C=O) groups excluding carboxylic acids is 1. The van der Waals surface area contributed by atoms with E-state index in [1.165, 1.54) is 41.7 Å². The maximum atomic E-state index is 13.1. The molecule has 106 valence electrons. The monoisotopic (exact) mass is 321 g/mol. The number of carbonyl (C=O) groups is 1. The normalized spacial score (nSPS) is 10.8. The van der Waals surface area contributed by atoms with E-state index in [1.54, 1.807) is 12.1 Å². The van der Waals surface area contributed by atoms with Crippen molar-refractivity contribution in [3.05, 3.63) is 58.2 Å². The lowest BCUT2D eigenvalue weighted by Gasteiger charge is -2.06. The second-order valence-corrected chi connectivity index (χ2v) is 5.93. The van der Waals surface area contributed by atoms with Crippen molar-refractivity contribution in [1.82, 2.24) is 0 Å². The average molecular weight is 322 g/mol. The fourth-order valence-corrected chi connectivity index (χ4v) is 3.03. The number of hydrogen-bond acceptors (Lipinski definition) is 3. The van der Waals surface area contributed by atoms with Crippen LogP contribution in [-0.2, 0) is 0 Å². The largest absolute Gasteiger partial charge is 0.506 e. The Morgan fingerprint density at radius 3 is 2.81 bits per heavy atom. The van der Waals surface area contributed by atoms with Crippen molar-refractivity contribution in [3.8, 4) is 5.75 Å². The quantitative estimate of drug-likeness (QED) is 0.675. The van der Waals surface area contributed by atoms with Crippen molar-refractivity contribution in [3.63, 3.8) is 0 Å². The zero-order valence-electron chi connectivity index (χ0n) is 10.6. The molecule has 1 heterocycles. The van der Waals surface area contributed by atoms with Crippen LogP contribution in [0.25, 0.3) is 10.1 Å². The number of thiophene rings is 1. The Bertz CT molecular complexity index is 847. The highest BCUT2D eigenvalue weighted by Gasteiger charge is 2.13. The molecule has 21 heavy (non-hydrogen) atoms. The summed E-state index contributed by atoms with van der Waals surface area (Å²) < 4.78 is 14.0. The lowest BCUT2D eigenvalue weighted by atomic mass is 10.2. The van der Waals surface area contributed by atoms with Gasteiger partial charge < -0.3 is 10.4 Å². The van der Waals surface area contributed by atoms with Crippen LogP contribution in [0, 0.1) is 5.82 Å². The molecule has 0 unspecified atom stereocenters. The van der Waals surface area contributed by atoms with Crippen molar-refractivity contribution < 1.29 is 14.3 Å². The van der Waals surface area contributed by atoms with Crippen LogP contribution in [0.2, 0.25) is 5.02 Å². The first-order valence-corrected chi connectivity index (χ1v) is 7.21. The molecular weight excluding hydrogens is 313 g/mol. The summed E-state index contributed by atoms with van der Waals surface area (Å²) in [4.78, 5) is 12.6. The predicted octanol–water partition coefficient (Wildman–Crippen LogP) is 4.65. The molecule has 3 rings (SSSR count). The van der Waals surface area contributed by atoms with Crippen molar-refractivity contribution in [2.75, 3.05) is 5.32 Å². The number of phenols is 1. The van der Waals surface area contributed by atoms with Crippen LogP contribution < -0.4 is 5.32 Å². The Balaban J connectivity index is 1.91. The molecule has 0 aliphatic carbocycles.